The van der Waals surface area contributed by atoms with Crippen molar-refractivity contribution in [1.82, 2.24) is 9.80 Å². The molecule has 0 N–H and O–H groups in total. The quantitative estimate of drug-likeness (QED) is 0.798. The molecular weight excluding hydrogens is 372 g/mol. The molecule has 0 radical (unpaired) electrons. The van der Waals surface area contributed by atoms with Crippen molar-refractivity contribution in [3.63, 3.8) is 0 Å². The predicted molar refractivity (Wildman–Crippen MR) is 89.2 cm³/mol. The number of amides is 2. The number of fused-ring (bicyclic) bond motifs is 1. The van der Waals surface area contributed by atoms with Crippen LogP contribution in [0.3, 0.4) is 0 Å². The molecule has 2 fully saturated rings. The van der Waals surface area contributed by atoms with Crippen molar-refractivity contribution in [2.75, 3.05) is 12.8 Å². The largest absolute Gasteiger partial charge is 0.339 e. The van der Waals surface area contributed by atoms with Gasteiger partial charge in [-0.05, 0) is 41.4 Å². The number of hydrogen-bond acceptors (Lipinski definition) is 4. The first-order chi connectivity index (χ1) is 9.90. The van der Waals surface area contributed by atoms with Crippen LogP contribution in [0.15, 0.2) is 15.9 Å². The van der Waals surface area contributed by atoms with Crippen LogP contribution in [0.2, 0.25) is 0 Å². The highest BCUT2D eigenvalue weighted by Gasteiger charge is 2.53. The van der Waals surface area contributed by atoms with Gasteiger partial charge in [-0.25, -0.2) is 0 Å². The maximum Gasteiger partial charge on any atom is 0.246 e. The Morgan fingerprint density at radius 1 is 1.57 bits per heavy atom. The van der Waals surface area contributed by atoms with Crippen LogP contribution in [0.25, 0.3) is 0 Å². The van der Waals surface area contributed by atoms with Gasteiger partial charge in [0.15, 0.2) is 0 Å². The Hall–Kier alpha value is -0.530. The van der Waals surface area contributed by atoms with Gasteiger partial charge in [0.2, 0.25) is 11.8 Å². The summed E-state index contributed by atoms with van der Waals surface area (Å²) in [5.74, 6) is 0.874. The zero-order valence-corrected chi connectivity index (χ0v) is 15.2. The third-order valence-corrected chi connectivity index (χ3v) is 7.24. The van der Waals surface area contributed by atoms with Gasteiger partial charge < -0.3 is 9.80 Å². The Kier molecular flexibility index (Phi) is 4.09. The van der Waals surface area contributed by atoms with Gasteiger partial charge in [0.25, 0.3) is 0 Å². The summed E-state index contributed by atoms with van der Waals surface area (Å²) < 4.78 is 1.07. The van der Waals surface area contributed by atoms with Crippen molar-refractivity contribution in [1.29, 1.82) is 0 Å². The van der Waals surface area contributed by atoms with E-state index >= 15 is 0 Å². The van der Waals surface area contributed by atoms with Gasteiger partial charge in [0.05, 0.1) is 15.2 Å². The number of likely N-dealkylation sites (N-methyl/N-ethyl adjacent to an activating group) is 1. The van der Waals surface area contributed by atoms with Crippen LogP contribution in [0.4, 0.5) is 0 Å². The van der Waals surface area contributed by atoms with Gasteiger partial charge in [-0.2, -0.15) is 0 Å². The molecule has 21 heavy (non-hydrogen) atoms. The molecule has 7 heteroatoms. The molecule has 0 aliphatic carbocycles. The second kappa shape index (κ2) is 5.59. The van der Waals surface area contributed by atoms with Crippen molar-refractivity contribution in [3.8, 4) is 0 Å². The van der Waals surface area contributed by atoms with Crippen molar-refractivity contribution >= 4 is 50.8 Å². The first-order valence-corrected chi connectivity index (χ1v) is 9.45. The molecule has 2 unspecified atom stereocenters. The van der Waals surface area contributed by atoms with E-state index in [1.807, 2.05) is 24.1 Å². The third kappa shape index (κ3) is 2.75. The van der Waals surface area contributed by atoms with E-state index in [0.717, 1.165) is 15.1 Å². The van der Waals surface area contributed by atoms with Gasteiger partial charge in [0, 0.05) is 24.1 Å². The van der Waals surface area contributed by atoms with E-state index in [1.54, 1.807) is 28.0 Å². The number of halogens is 1. The summed E-state index contributed by atoms with van der Waals surface area (Å²) >= 11 is 6.80. The standard InChI is InChI=1S/C14H17BrN2O2S2/c1-14-6-5-12(18)17(14)10(8-20-14)13(19)16(2)7-9-3-4-11(15)21-9/h3-4,10H,5-8H2,1-2H3. The SMILES string of the molecule is CN(Cc1ccc(Br)s1)C(=O)C1CSC2(C)CCC(=O)N12. The highest BCUT2D eigenvalue weighted by atomic mass is 79.9. The monoisotopic (exact) mass is 388 g/mol. The van der Waals surface area contributed by atoms with Crippen LogP contribution in [0, 0.1) is 0 Å². The summed E-state index contributed by atoms with van der Waals surface area (Å²) in [6, 6.07) is 3.71. The average Bonchev–Trinajstić information content (AvgIpc) is 3.06. The molecule has 3 rings (SSSR count). The first-order valence-electron chi connectivity index (χ1n) is 6.86. The number of hydrogen-bond donors (Lipinski definition) is 0. The molecule has 2 aliphatic rings. The minimum Gasteiger partial charge on any atom is -0.339 e. The molecule has 0 aromatic carbocycles. The number of rotatable bonds is 3. The van der Waals surface area contributed by atoms with E-state index in [0.29, 0.717) is 18.7 Å². The lowest BCUT2D eigenvalue weighted by atomic mass is 10.2. The molecule has 2 saturated heterocycles. The van der Waals surface area contributed by atoms with E-state index in [2.05, 4.69) is 22.9 Å². The van der Waals surface area contributed by atoms with E-state index in [1.165, 1.54) is 0 Å². The Bertz CT molecular complexity index is 591. The lowest BCUT2D eigenvalue weighted by Crippen LogP contribution is -2.50. The number of carbonyl (C=O) groups excluding carboxylic acids is 2. The van der Waals surface area contributed by atoms with Crippen molar-refractivity contribution in [3.05, 3.63) is 20.8 Å². The van der Waals surface area contributed by atoms with Gasteiger partial charge >= 0.3 is 0 Å². The fourth-order valence-corrected chi connectivity index (χ4v) is 5.97. The van der Waals surface area contributed by atoms with Crippen LogP contribution >= 0.6 is 39.0 Å². The minimum absolute atomic E-state index is 0.0472. The molecule has 2 atom stereocenters. The smallest absolute Gasteiger partial charge is 0.246 e. The molecular formula is C14H17BrN2O2S2. The Morgan fingerprint density at radius 3 is 3.00 bits per heavy atom. The summed E-state index contributed by atoms with van der Waals surface area (Å²) in [7, 11) is 1.82. The molecule has 2 amide bonds. The van der Waals surface area contributed by atoms with Gasteiger partial charge in [0.1, 0.15) is 6.04 Å². The second-order valence-corrected chi connectivity index (χ2v) is 9.71. The molecule has 4 nitrogen and oxygen atoms in total. The van der Waals surface area contributed by atoms with E-state index in [4.69, 9.17) is 0 Å². The highest BCUT2D eigenvalue weighted by molar-refractivity contribution is 9.11. The zero-order valence-electron chi connectivity index (χ0n) is 12.0. The Balaban J connectivity index is 1.71. The molecule has 0 bridgehead atoms. The molecule has 1 aromatic heterocycles. The van der Waals surface area contributed by atoms with Crippen molar-refractivity contribution < 1.29 is 9.59 Å². The number of carbonyl (C=O) groups is 2. The van der Waals surface area contributed by atoms with Crippen LogP contribution in [0.5, 0.6) is 0 Å². The molecule has 0 spiro atoms. The number of thiophene rings is 1. The predicted octanol–water partition coefficient (Wildman–Crippen LogP) is 2.92. The van der Waals surface area contributed by atoms with Gasteiger partial charge in [-0.1, -0.05) is 0 Å². The molecule has 2 aliphatic heterocycles. The molecule has 114 valence electrons. The summed E-state index contributed by atoms with van der Waals surface area (Å²) in [6.07, 6.45) is 1.41. The molecule has 0 saturated carbocycles. The van der Waals surface area contributed by atoms with E-state index in [9.17, 15) is 9.59 Å². The van der Waals surface area contributed by atoms with E-state index in [-0.39, 0.29) is 22.7 Å². The topological polar surface area (TPSA) is 40.6 Å². The fourth-order valence-electron chi connectivity index (χ4n) is 3.01. The maximum absolute atomic E-state index is 12.7. The number of thioether (sulfide) groups is 1. The summed E-state index contributed by atoms with van der Waals surface area (Å²) in [5, 5.41) is 0. The lowest BCUT2D eigenvalue weighted by molar-refractivity contribution is -0.143. The van der Waals surface area contributed by atoms with Crippen LogP contribution in [0.1, 0.15) is 24.6 Å². The molecule has 3 heterocycles. The summed E-state index contributed by atoms with van der Waals surface area (Å²) in [5.41, 5.74) is 0. The molecule has 1 aromatic rings. The zero-order chi connectivity index (χ0) is 15.2. The van der Waals surface area contributed by atoms with Crippen LogP contribution in [-0.4, -0.2) is 45.3 Å². The average molecular weight is 389 g/mol. The van der Waals surface area contributed by atoms with Crippen LogP contribution < -0.4 is 0 Å². The van der Waals surface area contributed by atoms with E-state index < -0.39 is 0 Å². The summed E-state index contributed by atoms with van der Waals surface area (Å²) in [6.45, 7) is 2.67. The van der Waals surface area contributed by atoms with Gasteiger partial charge in [-0.3, -0.25) is 9.59 Å². The van der Waals surface area contributed by atoms with Crippen LogP contribution in [-0.2, 0) is 16.1 Å². The Labute approximate surface area is 141 Å². The second-order valence-electron chi connectivity index (χ2n) is 5.67. The highest BCUT2D eigenvalue weighted by Crippen LogP contribution is 2.47. The summed E-state index contributed by atoms with van der Waals surface area (Å²) in [4.78, 5) is 29.3. The Morgan fingerprint density at radius 2 is 2.33 bits per heavy atom. The number of nitrogens with zero attached hydrogens (tertiary/aromatic N) is 2. The first kappa shape index (κ1) is 15.4. The van der Waals surface area contributed by atoms with Gasteiger partial charge in [-0.15, -0.1) is 23.1 Å². The third-order valence-electron chi connectivity index (χ3n) is 4.13. The normalized spacial score (nSPS) is 28.0. The lowest BCUT2D eigenvalue weighted by Gasteiger charge is -2.31. The maximum atomic E-state index is 12.7. The minimum atomic E-state index is -0.302. The van der Waals surface area contributed by atoms with Crippen molar-refractivity contribution in [2.24, 2.45) is 0 Å². The van der Waals surface area contributed by atoms with Crippen molar-refractivity contribution in [2.45, 2.75) is 37.2 Å². The fraction of sp³-hybridized carbons (Fsp3) is 0.571.